The number of benzene rings is 1. The van der Waals surface area contributed by atoms with Crippen molar-refractivity contribution in [1.29, 1.82) is 0 Å². The molecule has 2 atom stereocenters. The predicted octanol–water partition coefficient (Wildman–Crippen LogP) is 4.58. The first-order chi connectivity index (χ1) is 8.96. The van der Waals surface area contributed by atoms with Crippen molar-refractivity contribution >= 4 is 11.6 Å². The van der Waals surface area contributed by atoms with Crippen LogP contribution in [0.5, 0.6) is 5.75 Å². The van der Waals surface area contributed by atoms with Crippen LogP contribution in [0.15, 0.2) is 18.2 Å². The van der Waals surface area contributed by atoms with Gasteiger partial charge < -0.3 is 10.1 Å². The third-order valence-electron chi connectivity index (χ3n) is 4.16. The Morgan fingerprint density at radius 3 is 2.84 bits per heavy atom. The number of fused-ring (bicyclic) bond motifs is 1. The molecule has 1 N–H and O–H groups in total. The van der Waals surface area contributed by atoms with Crippen molar-refractivity contribution in [3.8, 4) is 5.75 Å². The van der Waals surface area contributed by atoms with Crippen LogP contribution in [0.25, 0.3) is 0 Å². The summed E-state index contributed by atoms with van der Waals surface area (Å²) in [6, 6.07) is 6.26. The highest BCUT2D eigenvalue weighted by Gasteiger charge is 2.39. The zero-order valence-electron chi connectivity index (χ0n) is 12.3. The molecule has 1 aliphatic rings. The fourth-order valence-corrected chi connectivity index (χ4v) is 2.73. The summed E-state index contributed by atoms with van der Waals surface area (Å²) in [5.41, 5.74) is 1.07. The maximum Gasteiger partial charge on any atom is 0.125 e. The van der Waals surface area contributed by atoms with Crippen LogP contribution in [0.2, 0.25) is 5.02 Å². The highest BCUT2D eigenvalue weighted by molar-refractivity contribution is 6.30. The molecule has 0 saturated carbocycles. The molecule has 0 radical (unpaired) electrons. The maximum absolute atomic E-state index is 6.25. The Labute approximate surface area is 121 Å². The highest BCUT2D eigenvalue weighted by atomic mass is 35.5. The van der Waals surface area contributed by atoms with E-state index in [1.807, 2.05) is 18.2 Å². The van der Waals surface area contributed by atoms with Crippen LogP contribution in [-0.4, -0.2) is 12.1 Å². The third kappa shape index (κ3) is 3.06. The minimum absolute atomic E-state index is 0.119. The molecule has 0 aromatic heterocycles. The number of ether oxygens (including phenoxy) is 1. The normalized spacial score (nSPS) is 26.1. The van der Waals surface area contributed by atoms with Crippen molar-refractivity contribution < 1.29 is 4.74 Å². The molecule has 0 bridgehead atoms. The van der Waals surface area contributed by atoms with Crippen LogP contribution in [0, 0.1) is 5.92 Å². The van der Waals surface area contributed by atoms with Gasteiger partial charge in [-0.1, -0.05) is 32.4 Å². The predicted molar refractivity (Wildman–Crippen MR) is 81.0 cm³/mol. The van der Waals surface area contributed by atoms with Gasteiger partial charge in [0.2, 0.25) is 0 Å². The van der Waals surface area contributed by atoms with E-state index >= 15 is 0 Å². The molecular weight excluding hydrogens is 258 g/mol. The van der Waals surface area contributed by atoms with E-state index in [2.05, 4.69) is 33.0 Å². The van der Waals surface area contributed by atoms with Gasteiger partial charge in [-0.15, -0.1) is 0 Å². The van der Waals surface area contributed by atoms with E-state index in [4.69, 9.17) is 16.3 Å². The lowest BCUT2D eigenvalue weighted by molar-refractivity contribution is 0.00593. The summed E-state index contributed by atoms with van der Waals surface area (Å²) in [6.45, 7) is 9.85. The van der Waals surface area contributed by atoms with Crippen molar-refractivity contribution in [1.82, 2.24) is 5.32 Å². The largest absolute Gasteiger partial charge is 0.487 e. The van der Waals surface area contributed by atoms with E-state index in [9.17, 15) is 0 Å². The van der Waals surface area contributed by atoms with Crippen molar-refractivity contribution in [2.45, 2.75) is 52.2 Å². The Hall–Kier alpha value is -0.730. The molecule has 1 heterocycles. The Bertz CT molecular complexity index is 446. The molecule has 2 rings (SSSR count). The second kappa shape index (κ2) is 5.72. The van der Waals surface area contributed by atoms with E-state index in [0.29, 0.717) is 12.0 Å². The third-order valence-corrected chi connectivity index (χ3v) is 4.40. The van der Waals surface area contributed by atoms with Crippen LogP contribution < -0.4 is 10.1 Å². The maximum atomic E-state index is 6.25. The smallest absolute Gasteiger partial charge is 0.125 e. The van der Waals surface area contributed by atoms with Crippen LogP contribution in [-0.2, 0) is 0 Å². The van der Waals surface area contributed by atoms with Gasteiger partial charge in [0.25, 0.3) is 0 Å². The van der Waals surface area contributed by atoms with Crippen molar-refractivity contribution in [2.24, 2.45) is 5.92 Å². The Kier molecular flexibility index (Phi) is 4.42. The van der Waals surface area contributed by atoms with Gasteiger partial charge in [0.1, 0.15) is 11.4 Å². The van der Waals surface area contributed by atoms with Crippen LogP contribution in [0.4, 0.5) is 0 Å². The summed E-state index contributed by atoms with van der Waals surface area (Å²) in [6.07, 6.45) is 2.11. The topological polar surface area (TPSA) is 21.3 Å². The van der Waals surface area contributed by atoms with Gasteiger partial charge in [0.15, 0.2) is 0 Å². The van der Waals surface area contributed by atoms with Crippen LogP contribution in [0.3, 0.4) is 0 Å². The summed E-state index contributed by atoms with van der Waals surface area (Å²) < 4.78 is 6.25. The van der Waals surface area contributed by atoms with E-state index in [1.54, 1.807) is 0 Å². The first kappa shape index (κ1) is 14.7. The van der Waals surface area contributed by atoms with Gasteiger partial charge in [-0.05, 0) is 44.0 Å². The number of halogens is 1. The first-order valence-electron chi connectivity index (χ1n) is 7.18. The molecule has 2 nitrogen and oxygen atoms in total. The number of nitrogens with one attached hydrogen (secondary N) is 1. The average molecular weight is 282 g/mol. The summed E-state index contributed by atoms with van der Waals surface area (Å²) in [4.78, 5) is 0. The quantitative estimate of drug-likeness (QED) is 0.872. The van der Waals surface area contributed by atoms with Gasteiger partial charge in [-0.2, -0.15) is 0 Å². The Balaban J connectivity index is 2.34. The molecule has 2 unspecified atom stereocenters. The number of hydrogen-bond donors (Lipinski definition) is 1. The SMILES string of the molecule is CCCNC1CC(C)(C(C)C)Oc2ccc(Cl)cc21. The molecule has 0 amide bonds. The second-order valence-electron chi connectivity index (χ2n) is 5.96. The zero-order chi connectivity index (χ0) is 14.0. The van der Waals surface area contributed by atoms with Gasteiger partial charge >= 0.3 is 0 Å². The molecular formula is C16H24ClNO. The van der Waals surface area contributed by atoms with Gasteiger partial charge in [0.05, 0.1) is 0 Å². The Morgan fingerprint density at radius 2 is 2.21 bits per heavy atom. The van der Waals surface area contributed by atoms with Gasteiger partial charge in [0, 0.05) is 23.0 Å². The summed E-state index contributed by atoms with van der Waals surface area (Å²) in [5, 5.41) is 4.40. The molecule has 0 fully saturated rings. The van der Waals surface area contributed by atoms with Crippen LogP contribution in [0.1, 0.15) is 52.1 Å². The second-order valence-corrected chi connectivity index (χ2v) is 6.40. The number of rotatable bonds is 4. The van der Waals surface area contributed by atoms with E-state index < -0.39 is 0 Å². The molecule has 0 aliphatic carbocycles. The molecule has 106 valence electrons. The highest BCUT2D eigenvalue weighted by Crippen LogP contribution is 2.43. The lowest BCUT2D eigenvalue weighted by Crippen LogP contribution is -2.45. The fourth-order valence-electron chi connectivity index (χ4n) is 2.55. The van der Waals surface area contributed by atoms with E-state index in [-0.39, 0.29) is 5.60 Å². The summed E-state index contributed by atoms with van der Waals surface area (Å²) in [5.74, 6) is 1.45. The minimum atomic E-state index is -0.119. The van der Waals surface area contributed by atoms with Gasteiger partial charge in [-0.25, -0.2) is 0 Å². The average Bonchev–Trinajstić information content (AvgIpc) is 2.36. The molecule has 0 saturated heterocycles. The van der Waals surface area contributed by atoms with Crippen molar-refractivity contribution in [3.63, 3.8) is 0 Å². The van der Waals surface area contributed by atoms with Crippen LogP contribution >= 0.6 is 11.6 Å². The first-order valence-corrected chi connectivity index (χ1v) is 7.56. The molecule has 1 aromatic rings. The summed E-state index contributed by atoms with van der Waals surface area (Å²) >= 11 is 6.13. The van der Waals surface area contributed by atoms with Crippen molar-refractivity contribution in [2.75, 3.05) is 6.54 Å². The minimum Gasteiger partial charge on any atom is -0.487 e. The standard InChI is InChI=1S/C16H24ClNO/c1-5-8-18-14-10-16(4,11(2)3)19-15-7-6-12(17)9-13(14)15/h6-7,9,11,14,18H,5,8,10H2,1-4H3. The van der Waals surface area contributed by atoms with E-state index in [1.165, 1.54) is 5.56 Å². The van der Waals surface area contributed by atoms with E-state index in [0.717, 1.165) is 30.2 Å². The molecule has 19 heavy (non-hydrogen) atoms. The Morgan fingerprint density at radius 1 is 1.47 bits per heavy atom. The van der Waals surface area contributed by atoms with Gasteiger partial charge in [-0.3, -0.25) is 0 Å². The molecule has 1 aromatic carbocycles. The monoisotopic (exact) mass is 281 g/mol. The van der Waals surface area contributed by atoms with Crippen molar-refractivity contribution in [3.05, 3.63) is 28.8 Å². The summed E-state index contributed by atoms with van der Waals surface area (Å²) in [7, 11) is 0. The number of hydrogen-bond acceptors (Lipinski definition) is 2. The molecule has 0 spiro atoms. The lowest BCUT2D eigenvalue weighted by atomic mass is 9.81. The molecule has 3 heteroatoms. The zero-order valence-corrected chi connectivity index (χ0v) is 13.1. The fraction of sp³-hybridized carbons (Fsp3) is 0.625. The molecule has 1 aliphatic heterocycles. The lowest BCUT2D eigenvalue weighted by Gasteiger charge is -2.43.